The number of amides is 1. The van der Waals surface area contributed by atoms with Crippen molar-refractivity contribution in [3.05, 3.63) is 48.0 Å². The highest BCUT2D eigenvalue weighted by Gasteiger charge is 2.13. The number of nitrogens with zero attached hydrogens (tertiary/aromatic N) is 3. The largest absolute Gasteiger partial charge is 0.508 e. The molecule has 3 aromatic rings. The maximum absolute atomic E-state index is 14.3. The molecule has 3 N–H and O–H groups in total. The van der Waals surface area contributed by atoms with Crippen molar-refractivity contribution in [1.82, 2.24) is 14.9 Å². The van der Waals surface area contributed by atoms with Crippen molar-refractivity contribution >= 4 is 34.0 Å². The number of anilines is 3. The summed E-state index contributed by atoms with van der Waals surface area (Å²) in [6.45, 7) is 5.40. The second-order valence-electron chi connectivity index (χ2n) is 7.45. The number of phenols is 1. The van der Waals surface area contributed by atoms with Crippen LogP contribution < -0.4 is 10.6 Å². The minimum Gasteiger partial charge on any atom is -0.508 e. The fraction of sp³-hybridized carbons (Fsp3) is 0.318. The summed E-state index contributed by atoms with van der Waals surface area (Å²) in [5, 5.41) is 16.3. The van der Waals surface area contributed by atoms with Gasteiger partial charge in [-0.1, -0.05) is 0 Å². The molecule has 0 spiro atoms. The van der Waals surface area contributed by atoms with Gasteiger partial charge in [-0.15, -0.1) is 0 Å². The molecule has 8 nitrogen and oxygen atoms in total. The number of morpholine rings is 1. The number of aromatic hydroxyl groups is 1. The molecule has 0 saturated carbocycles. The molecule has 1 aromatic heterocycles. The van der Waals surface area contributed by atoms with Gasteiger partial charge in [-0.2, -0.15) is 0 Å². The van der Waals surface area contributed by atoms with Gasteiger partial charge in [-0.25, -0.2) is 14.4 Å². The quantitative estimate of drug-likeness (QED) is 0.558. The first-order valence-corrected chi connectivity index (χ1v) is 10.1. The van der Waals surface area contributed by atoms with Gasteiger partial charge < -0.3 is 20.5 Å². The highest BCUT2D eigenvalue weighted by atomic mass is 19.1. The summed E-state index contributed by atoms with van der Waals surface area (Å²) >= 11 is 0. The zero-order valence-corrected chi connectivity index (χ0v) is 17.2. The molecule has 1 fully saturated rings. The molecule has 4 rings (SSSR count). The molecule has 2 heterocycles. The Morgan fingerprint density at radius 3 is 2.84 bits per heavy atom. The van der Waals surface area contributed by atoms with Gasteiger partial charge in [0.25, 0.3) is 0 Å². The average molecular weight is 425 g/mol. The third kappa shape index (κ3) is 5.07. The van der Waals surface area contributed by atoms with E-state index in [1.807, 2.05) is 0 Å². The van der Waals surface area contributed by atoms with Crippen molar-refractivity contribution in [3.8, 4) is 5.75 Å². The van der Waals surface area contributed by atoms with Crippen molar-refractivity contribution in [2.75, 3.05) is 43.5 Å². The molecule has 1 aliphatic rings. The van der Waals surface area contributed by atoms with Crippen LogP contribution in [-0.2, 0) is 9.53 Å². The molecule has 1 amide bonds. The highest BCUT2D eigenvalue weighted by Crippen LogP contribution is 2.30. The smallest absolute Gasteiger partial charge is 0.225 e. The normalized spacial score (nSPS) is 14.5. The van der Waals surface area contributed by atoms with E-state index in [9.17, 15) is 14.3 Å². The summed E-state index contributed by atoms with van der Waals surface area (Å²) in [4.78, 5) is 23.0. The SMILES string of the molecule is Cc1cc(F)c(Nc2ncnc3cc(NC(=O)CCN4CCOCC4)ccc23)cc1O. The van der Waals surface area contributed by atoms with Gasteiger partial charge in [0, 0.05) is 43.2 Å². The number of ether oxygens (including phenoxy) is 1. The molecule has 1 saturated heterocycles. The molecule has 162 valence electrons. The van der Waals surface area contributed by atoms with Crippen LogP contribution in [0, 0.1) is 12.7 Å². The molecule has 0 aliphatic carbocycles. The number of aryl methyl sites for hydroxylation is 1. The Kier molecular flexibility index (Phi) is 6.24. The zero-order valence-electron chi connectivity index (χ0n) is 17.2. The Labute approximate surface area is 179 Å². The van der Waals surface area contributed by atoms with Gasteiger partial charge in [0.15, 0.2) is 0 Å². The lowest BCUT2D eigenvalue weighted by atomic mass is 10.1. The zero-order chi connectivity index (χ0) is 21.8. The number of fused-ring (bicyclic) bond motifs is 1. The standard InChI is InChI=1S/C22H24FN5O3/c1-14-10-17(23)19(12-20(14)29)27-22-16-3-2-15(11-18(16)24-13-25-22)26-21(30)4-5-28-6-8-31-9-7-28/h2-3,10-13,29H,4-9H2,1H3,(H,26,30)(H,24,25,27). The predicted octanol–water partition coefficient (Wildman–Crippen LogP) is 3.19. The van der Waals surface area contributed by atoms with E-state index in [0.717, 1.165) is 13.1 Å². The van der Waals surface area contributed by atoms with Gasteiger partial charge >= 0.3 is 0 Å². The molecule has 9 heteroatoms. The summed E-state index contributed by atoms with van der Waals surface area (Å²) in [5.74, 6) is -0.177. The molecule has 0 unspecified atom stereocenters. The summed E-state index contributed by atoms with van der Waals surface area (Å²) < 4.78 is 19.6. The van der Waals surface area contributed by atoms with E-state index in [1.165, 1.54) is 18.5 Å². The minimum atomic E-state index is -0.494. The fourth-order valence-corrected chi connectivity index (χ4v) is 3.43. The summed E-state index contributed by atoms with van der Waals surface area (Å²) in [5.41, 5.74) is 1.79. The third-order valence-corrected chi connectivity index (χ3v) is 5.22. The first kappa shape index (κ1) is 21.0. The first-order chi connectivity index (χ1) is 15.0. The summed E-state index contributed by atoms with van der Waals surface area (Å²) in [7, 11) is 0. The number of hydrogen-bond donors (Lipinski definition) is 3. The Morgan fingerprint density at radius 1 is 1.23 bits per heavy atom. The second-order valence-corrected chi connectivity index (χ2v) is 7.45. The molecule has 0 atom stereocenters. The summed E-state index contributed by atoms with van der Waals surface area (Å²) in [6, 6.07) is 7.85. The Morgan fingerprint density at radius 2 is 2.03 bits per heavy atom. The molecule has 0 bridgehead atoms. The Bertz CT molecular complexity index is 1100. The van der Waals surface area contributed by atoms with Crippen LogP contribution in [0.1, 0.15) is 12.0 Å². The number of carbonyl (C=O) groups is 1. The second kappa shape index (κ2) is 9.23. The molecule has 2 aromatic carbocycles. The third-order valence-electron chi connectivity index (χ3n) is 5.22. The van der Waals surface area contributed by atoms with Crippen molar-refractivity contribution in [1.29, 1.82) is 0 Å². The number of benzene rings is 2. The van der Waals surface area contributed by atoms with Gasteiger partial charge in [-0.05, 0) is 36.8 Å². The van der Waals surface area contributed by atoms with Crippen molar-refractivity contribution in [3.63, 3.8) is 0 Å². The van der Waals surface area contributed by atoms with E-state index < -0.39 is 5.82 Å². The lowest BCUT2D eigenvalue weighted by Gasteiger charge is -2.26. The van der Waals surface area contributed by atoms with Crippen LogP contribution in [0.15, 0.2) is 36.7 Å². The number of hydrogen-bond acceptors (Lipinski definition) is 7. The van der Waals surface area contributed by atoms with E-state index in [-0.39, 0.29) is 17.3 Å². The molecule has 1 aliphatic heterocycles. The Hall–Kier alpha value is -3.30. The summed E-state index contributed by atoms with van der Waals surface area (Å²) in [6.07, 6.45) is 1.76. The number of halogens is 1. The average Bonchev–Trinajstić information content (AvgIpc) is 2.77. The monoisotopic (exact) mass is 425 g/mol. The van der Waals surface area contributed by atoms with Crippen LogP contribution in [0.2, 0.25) is 0 Å². The number of nitrogens with one attached hydrogen (secondary N) is 2. The lowest BCUT2D eigenvalue weighted by Crippen LogP contribution is -2.38. The Balaban J connectivity index is 1.46. The van der Waals surface area contributed by atoms with Gasteiger partial charge in [0.2, 0.25) is 5.91 Å². The first-order valence-electron chi connectivity index (χ1n) is 10.1. The van der Waals surface area contributed by atoms with Crippen LogP contribution in [0.3, 0.4) is 0 Å². The lowest BCUT2D eigenvalue weighted by molar-refractivity contribution is -0.116. The van der Waals surface area contributed by atoms with Crippen LogP contribution in [0.4, 0.5) is 21.6 Å². The molecule has 31 heavy (non-hydrogen) atoms. The number of rotatable bonds is 6. The number of phenolic OH excluding ortho intramolecular Hbond substituents is 1. The van der Waals surface area contributed by atoms with Crippen LogP contribution in [-0.4, -0.2) is 58.7 Å². The number of carbonyl (C=O) groups excluding carboxylic acids is 1. The van der Waals surface area contributed by atoms with E-state index in [2.05, 4.69) is 25.5 Å². The maximum atomic E-state index is 14.3. The van der Waals surface area contributed by atoms with E-state index in [4.69, 9.17) is 4.74 Å². The van der Waals surface area contributed by atoms with Crippen LogP contribution >= 0.6 is 0 Å². The van der Waals surface area contributed by atoms with Gasteiger partial charge in [0.05, 0.1) is 24.4 Å². The van der Waals surface area contributed by atoms with Crippen molar-refractivity contribution < 1.29 is 19.0 Å². The van der Waals surface area contributed by atoms with E-state index in [0.29, 0.717) is 54.2 Å². The highest BCUT2D eigenvalue weighted by molar-refractivity contribution is 5.96. The number of aromatic nitrogens is 2. The van der Waals surface area contributed by atoms with Gasteiger partial charge in [0.1, 0.15) is 23.7 Å². The van der Waals surface area contributed by atoms with Gasteiger partial charge in [-0.3, -0.25) is 9.69 Å². The maximum Gasteiger partial charge on any atom is 0.225 e. The van der Waals surface area contributed by atoms with Crippen LogP contribution in [0.25, 0.3) is 10.9 Å². The van der Waals surface area contributed by atoms with Crippen molar-refractivity contribution in [2.45, 2.75) is 13.3 Å². The van der Waals surface area contributed by atoms with E-state index in [1.54, 1.807) is 25.1 Å². The van der Waals surface area contributed by atoms with Crippen molar-refractivity contribution in [2.24, 2.45) is 0 Å². The molecular weight excluding hydrogens is 401 g/mol. The molecular formula is C22H24FN5O3. The van der Waals surface area contributed by atoms with Crippen LogP contribution in [0.5, 0.6) is 5.75 Å². The topological polar surface area (TPSA) is 99.6 Å². The predicted molar refractivity (Wildman–Crippen MR) is 116 cm³/mol. The minimum absolute atomic E-state index is 0.00987. The molecule has 0 radical (unpaired) electrons. The van der Waals surface area contributed by atoms with E-state index >= 15 is 0 Å². The fourth-order valence-electron chi connectivity index (χ4n) is 3.43.